The van der Waals surface area contributed by atoms with Crippen LogP contribution >= 0.6 is 0 Å². The van der Waals surface area contributed by atoms with Crippen LogP contribution in [0.4, 0.5) is 0 Å². The van der Waals surface area contributed by atoms with Gasteiger partial charge in [0.1, 0.15) is 11.3 Å². The molecule has 0 radical (unpaired) electrons. The summed E-state index contributed by atoms with van der Waals surface area (Å²) in [7, 11) is 1.52. The van der Waals surface area contributed by atoms with Gasteiger partial charge in [-0.15, -0.1) is 0 Å². The van der Waals surface area contributed by atoms with E-state index >= 15 is 0 Å². The van der Waals surface area contributed by atoms with Crippen LogP contribution in [0.5, 0.6) is 5.75 Å². The molecule has 0 aliphatic carbocycles. The van der Waals surface area contributed by atoms with Crippen molar-refractivity contribution >= 4 is 17.8 Å². The van der Waals surface area contributed by atoms with Gasteiger partial charge >= 0.3 is 5.97 Å². The summed E-state index contributed by atoms with van der Waals surface area (Å²) in [5.41, 5.74) is 0.441. The van der Waals surface area contributed by atoms with Gasteiger partial charge in [-0.3, -0.25) is 4.79 Å². The molecule has 6 heteroatoms. The van der Waals surface area contributed by atoms with Crippen molar-refractivity contribution in [3.05, 3.63) is 35.4 Å². The second-order valence-corrected chi connectivity index (χ2v) is 4.63. The lowest BCUT2D eigenvalue weighted by atomic mass is 10.1. The minimum Gasteiger partial charge on any atom is -0.496 e. The summed E-state index contributed by atoms with van der Waals surface area (Å²) in [6.45, 7) is 5.87. The minimum atomic E-state index is -1.15. The molecule has 0 saturated heterocycles. The molecular formula is C18H24O6. The summed E-state index contributed by atoms with van der Waals surface area (Å²) in [4.78, 5) is 24.9. The monoisotopic (exact) mass is 336 g/mol. The number of esters is 1. The molecule has 132 valence electrons. The lowest BCUT2D eigenvalue weighted by Crippen LogP contribution is -2.32. The molecule has 0 saturated carbocycles. The predicted molar refractivity (Wildman–Crippen MR) is 89.7 cm³/mol. The quantitative estimate of drug-likeness (QED) is 0.215. The van der Waals surface area contributed by atoms with Crippen molar-refractivity contribution in [1.82, 2.24) is 0 Å². The van der Waals surface area contributed by atoms with E-state index in [9.17, 15) is 9.59 Å². The highest BCUT2D eigenvalue weighted by Crippen LogP contribution is 2.22. The van der Waals surface area contributed by atoms with Gasteiger partial charge in [0.25, 0.3) is 0 Å². The summed E-state index contributed by atoms with van der Waals surface area (Å²) in [5.74, 6) is -0.766. The summed E-state index contributed by atoms with van der Waals surface area (Å²) in [5, 5.41) is 0. The molecule has 0 aliphatic rings. The molecule has 0 aromatic heterocycles. The van der Waals surface area contributed by atoms with Gasteiger partial charge in [0, 0.05) is 18.8 Å². The fourth-order valence-corrected chi connectivity index (χ4v) is 2.01. The van der Waals surface area contributed by atoms with Crippen LogP contribution in [0.25, 0.3) is 6.08 Å². The van der Waals surface area contributed by atoms with Gasteiger partial charge in [0.2, 0.25) is 12.1 Å². The Kier molecular flexibility index (Phi) is 8.75. The standard InChI is InChI=1S/C18H24O6/c1-5-22-17(20)14(16(19)18(23-6-2)24-7-3)12-13-10-8-9-11-15(13)21-4/h8-12,18H,5-7H2,1-4H3. The molecule has 0 fully saturated rings. The van der Waals surface area contributed by atoms with E-state index in [1.54, 1.807) is 45.0 Å². The van der Waals surface area contributed by atoms with Crippen molar-refractivity contribution in [3.63, 3.8) is 0 Å². The van der Waals surface area contributed by atoms with Gasteiger partial charge in [0.15, 0.2) is 0 Å². The van der Waals surface area contributed by atoms with Crippen molar-refractivity contribution in [3.8, 4) is 5.75 Å². The Morgan fingerprint density at radius 3 is 2.21 bits per heavy atom. The average molecular weight is 336 g/mol. The number of carbonyl (C=O) groups is 2. The van der Waals surface area contributed by atoms with E-state index in [0.717, 1.165) is 0 Å². The topological polar surface area (TPSA) is 71.1 Å². The largest absolute Gasteiger partial charge is 0.496 e. The second kappa shape index (κ2) is 10.6. The number of ether oxygens (including phenoxy) is 4. The van der Waals surface area contributed by atoms with E-state index in [1.165, 1.54) is 13.2 Å². The number of para-hydroxylation sites is 1. The third kappa shape index (κ3) is 5.47. The van der Waals surface area contributed by atoms with E-state index < -0.39 is 18.0 Å². The smallest absolute Gasteiger partial charge is 0.341 e. The van der Waals surface area contributed by atoms with Crippen LogP contribution in [0.15, 0.2) is 29.8 Å². The number of hydrogen-bond donors (Lipinski definition) is 0. The lowest BCUT2D eigenvalue weighted by Gasteiger charge is -2.17. The van der Waals surface area contributed by atoms with Gasteiger partial charge in [-0.05, 0) is 32.9 Å². The average Bonchev–Trinajstić information content (AvgIpc) is 2.59. The van der Waals surface area contributed by atoms with E-state index in [2.05, 4.69) is 0 Å². The molecule has 1 rings (SSSR count). The number of benzene rings is 1. The molecule has 0 N–H and O–H groups in total. The molecule has 0 spiro atoms. The van der Waals surface area contributed by atoms with Crippen LogP contribution in [0.2, 0.25) is 0 Å². The fraction of sp³-hybridized carbons (Fsp3) is 0.444. The molecule has 0 aliphatic heterocycles. The molecule has 0 bridgehead atoms. The maximum Gasteiger partial charge on any atom is 0.341 e. The van der Waals surface area contributed by atoms with E-state index in [4.69, 9.17) is 18.9 Å². The lowest BCUT2D eigenvalue weighted by molar-refractivity contribution is -0.165. The highest BCUT2D eigenvalue weighted by molar-refractivity contribution is 6.22. The Morgan fingerprint density at radius 1 is 1.04 bits per heavy atom. The Bertz CT molecular complexity index is 573. The zero-order valence-electron chi connectivity index (χ0n) is 14.5. The van der Waals surface area contributed by atoms with Crippen LogP contribution in [0.1, 0.15) is 26.3 Å². The first-order valence-corrected chi connectivity index (χ1v) is 7.88. The van der Waals surface area contributed by atoms with Crippen molar-refractivity contribution in [2.24, 2.45) is 0 Å². The Hall–Kier alpha value is -2.18. The highest BCUT2D eigenvalue weighted by atomic mass is 16.7. The first-order chi connectivity index (χ1) is 11.6. The van der Waals surface area contributed by atoms with Crippen LogP contribution < -0.4 is 4.74 Å². The summed E-state index contributed by atoms with van der Waals surface area (Å²) >= 11 is 0. The number of carbonyl (C=O) groups excluding carboxylic acids is 2. The third-order valence-corrected chi connectivity index (χ3v) is 3.05. The molecule has 0 unspecified atom stereocenters. The van der Waals surface area contributed by atoms with Gasteiger partial charge in [0.05, 0.1) is 13.7 Å². The maximum absolute atomic E-state index is 12.7. The zero-order chi connectivity index (χ0) is 17.9. The predicted octanol–water partition coefficient (Wildman–Crippen LogP) is 2.61. The number of ketones is 1. The molecule has 0 heterocycles. The van der Waals surface area contributed by atoms with E-state index in [0.29, 0.717) is 11.3 Å². The SMILES string of the molecule is CCOC(=O)C(=Cc1ccccc1OC)C(=O)C(OCC)OCC. The summed E-state index contributed by atoms with van der Waals surface area (Å²) in [6.07, 6.45) is 0.287. The molecule has 0 atom stereocenters. The fourth-order valence-electron chi connectivity index (χ4n) is 2.01. The van der Waals surface area contributed by atoms with Gasteiger partial charge in [-0.25, -0.2) is 4.79 Å². The minimum absolute atomic E-state index is 0.145. The molecule has 0 amide bonds. The molecule has 1 aromatic rings. The maximum atomic E-state index is 12.7. The van der Waals surface area contributed by atoms with Gasteiger partial charge < -0.3 is 18.9 Å². The van der Waals surface area contributed by atoms with Crippen LogP contribution in [-0.2, 0) is 23.8 Å². The number of rotatable bonds is 10. The van der Waals surface area contributed by atoms with Gasteiger partial charge in [-0.2, -0.15) is 0 Å². The van der Waals surface area contributed by atoms with Crippen LogP contribution in [-0.4, -0.2) is 45.0 Å². The van der Waals surface area contributed by atoms with E-state index in [-0.39, 0.29) is 25.4 Å². The number of Topliss-reactive ketones (excluding diaryl/α,β-unsaturated/α-hetero) is 1. The van der Waals surface area contributed by atoms with Crippen LogP contribution in [0.3, 0.4) is 0 Å². The zero-order valence-corrected chi connectivity index (χ0v) is 14.5. The third-order valence-electron chi connectivity index (χ3n) is 3.05. The van der Waals surface area contributed by atoms with Crippen molar-refractivity contribution in [1.29, 1.82) is 0 Å². The van der Waals surface area contributed by atoms with Crippen molar-refractivity contribution in [2.75, 3.05) is 26.9 Å². The molecule has 1 aromatic carbocycles. The van der Waals surface area contributed by atoms with Crippen molar-refractivity contribution in [2.45, 2.75) is 27.1 Å². The highest BCUT2D eigenvalue weighted by Gasteiger charge is 2.29. The Morgan fingerprint density at radius 2 is 1.67 bits per heavy atom. The first-order valence-electron chi connectivity index (χ1n) is 7.88. The van der Waals surface area contributed by atoms with E-state index in [1.807, 2.05) is 0 Å². The molecular weight excluding hydrogens is 312 g/mol. The Labute approximate surface area is 142 Å². The summed E-state index contributed by atoms with van der Waals surface area (Å²) in [6, 6.07) is 7.05. The molecule has 24 heavy (non-hydrogen) atoms. The Balaban J connectivity index is 3.27. The van der Waals surface area contributed by atoms with Crippen LogP contribution in [0, 0.1) is 0 Å². The van der Waals surface area contributed by atoms with Crippen molar-refractivity contribution < 1.29 is 28.5 Å². The normalized spacial score (nSPS) is 11.5. The summed E-state index contributed by atoms with van der Waals surface area (Å²) < 4.78 is 20.8. The number of hydrogen-bond acceptors (Lipinski definition) is 6. The second-order valence-electron chi connectivity index (χ2n) is 4.63. The van der Waals surface area contributed by atoms with Gasteiger partial charge in [-0.1, -0.05) is 18.2 Å². The molecule has 6 nitrogen and oxygen atoms in total. The first kappa shape index (κ1) is 19.9. The number of methoxy groups -OCH3 is 1.